The maximum atomic E-state index is 6.01. The van der Waals surface area contributed by atoms with Crippen LogP contribution >= 0.6 is 11.6 Å². The van der Waals surface area contributed by atoms with Gasteiger partial charge < -0.3 is 15.5 Å². The van der Waals surface area contributed by atoms with Crippen molar-refractivity contribution in [3.8, 4) is 5.75 Å². The van der Waals surface area contributed by atoms with Gasteiger partial charge >= 0.3 is 0 Å². The number of H-pyrrole nitrogens is 1. The third-order valence-corrected chi connectivity index (χ3v) is 2.89. The van der Waals surface area contributed by atoms with Gasteiger partial charge in [-0.15, -0.1) is 0 Å². The average Bonchev–Trinajstić information content (AvgIpc) is 2.84. The second-order valence-electron chi connectivity index (χ2n) is 3.65. The minimum atomic E-state index is -0.0429. The third kappa shape index (κ3) is 2.43. The van der Waals surface area contributed by atoms with E-state index in [1.807, 2.05) is 12.1 Å². The maximum absolute atomic E-state index is 6.01. The Hall–Kier alpha value is -1.52. The molecular formula is C12H14ClN3O. The second kappa shape index (κ2) is 5.21. The molecule has 4 nitrogen and oxygen atoms in total. The van der Waals surface area contributed by atoms with E-state index in [-0.39, 0.29) is 5.92 Å². The van der Waals surface area contributed by atoms with Crippen molar-refractivity contribution in [3.63, 3.8) is 0 Å². The summed E-state index contributed by atoms with van der Waals surface area (Å²) in [7, 11) is 1.63. The van der Waals surface area contributed by atoms with E-state index in [0.717, 1.165) is 17.1 Å². The molecule has 90 valence electrons. The number of nitrogens with zero attached hydrogens (tertiary/aromatic N) is 1. The summed E-state index contributed by atoms with van der Waals surface area (Å²) in [6.45, 7) is 0.435. The summed E-state index contributed by atoms with van der Waals surface area (Å²) in [5, 5.41) is 0.658. The molecule has 0 aliphatic rings. The number of imidazole rings is 1. The summed E-state index contributed by atoms with van der Waals surface area (Å²) in [4.78, 5) is 7.30. The molecule has 17 heavy (non-hydrogen) atoms. The Bertz CT molecular complexity index is 485. The fourth-order valence-corrected chi connectivity index (χ4v) is 2.01. The number of nitrogens with two attached hydrogens (primary N) is 1. The van der Waals surface area contributed by atoms with Crippen LogP contribution in [0.5, 0.6) is 5.75 Å². The normalized spacial score (nSPS) is 12.4. The third-order valence-electron chi connectivity index (χ3n) is 2.65. The van der Waals surface area contributed by atoms with Crippen LogP contribution in [0.2, 0.25) is 5.02 Å². The number of benzene rings is 1. The summed E-state index contributed by atoms with van der Waals surface area (Å²) in [6, 6.07) is 5.49. The molecule has 0 radical (unpaired) electrons. The molecule has 0 aliphatic carbocycles. The molecular weight excluding hydrogens is 238 g/mol. The number of halogens is 1. The number of aromatic amines is 1. The van der Waals surface area contributed by atoms with Crippen LogP contribution in [0.4, 0.5) is 0 Å². The number of aromatic nitrogens is 2. The van der Waals surface area contributed by atoms with Crippen molar-refractivity contribution in [3.05, 3.63) is 47.0 Å². The van der Waals surface area contributed by atoms with Crippen LogP contribution in [0.15, 0.2) is 30.6 Å². The van der Waals surface area contributed by atoms with Gasteiger partial charge in [-0.25, -0.2) is 4.98 Å². The molecule has 1 aromatic heterocycles. The lowest BCUT2D eigenvalue weighted by Gasteiger charge is -2.16. The Labute approximate surface area is 105 Å². The number of hydrogen-bond donors (Lipinski definition) is 2. The fourth-order valence-electron chi connectivity index (χ4n) is 1.83. The lowest BCUT2D eigenvalue weighted by molar-refractivity contribution is 0.407. The molecule has 0 spiro atoms. The lowest BCUT2D eigenvalue weighted by atomic mass is 9.97. The highest BCUT2D eigenvalue weighted by molar-refractivity contribution is 6.30. The predicted octanol–water partition coefficient (Wildman–Crippen LogP) is 2.16. The van der Waals surface area contributed by atoms with Gasteiger partial charge in [0.2, 0.25) is 0 Å². The molecule has 0 bridgehead atoms. The Kier molecular flexibility index (Phi) is 3.66. The van der Waals surface area contributed by atoms with Crippen molar-refractivity contribution < 1.29 is 4.74 Å². The van der Waals surface area contributed by atoms with Crippen LogP contribution < -0.4 is 10.5 Å². The van der Waals surface area contributed by atoms with E-state index in [0.29, 0.717) is 11.6 Å². The molecule has 5 heteroatoms. The van der Waals surface area contributed by atoms with Gasteiger partial charge in [-0.3, -0.25) is 0 Å². The Morgan fingerprint density at radius 2 is 2.35 bits per heavy atom. The monoisotopic (exact) mass is 251 g/mol. The number of nitrogens with one attached hydrogen (secondary N) is 1. The van der Waals surface area contributed by atoms with Gasteiger partial charge in [0.25, 0.3) is 0 Å². The average molecular weight is 252 g/mol. The van der Waals surface area contributed by atoms with Crippen molar-refractivity contribution in [2.75, 3.05) is 13.7 Å². The smallest absolute Gasteiger partial charge is 0.122 e. The highest BCUT2D eigenvalue weighted by atomic mass is 35.5. The van der Waals surface area contributed by atoms with Crippen molar-refractivity contribution in [1.29, 1.82) is 0 Å². The first-order chi connectivity index (χ1) is 8.26. The van der Waals surface area contributed by atoms with Gasteiger partial charge in [-0.1, -0.05) is 11.6 Å². The van der Waals surface area contributed by atoms with Crippen LogP contribution in [-0.4, -0.2) is 23.6 Å². The first-order valence-corrected chi connectivity index (χ1v) is 5.67. The summed E-state index contributed by atoms with van der Waals surface area (Å²) < 4.78 is 5.33. The Morgan fingerprint density at radius 3 is 2.94 bits per heavy atom. The maximum Gasteiger partial charge on any atom is 0.122 e. The zero-order valence-corrected chi connectivity index (χ0v) is 10.2. The number of rotatable bonds is 4. The first-order valence-electron chi connectivity index (χ1n) is 5.29. The van der Waals surface area contributed by atoms with E-state index in [2.05, 4.69) is 9.97 Å². The van der Waals surface area contributed by atoms with Gasteiger partial charge in [-0.05, 0) is 18.2 Å². The van der Waals surface area contributed by atoms with E-state index >= 15 is 0 Å². The second-order valence-corrected chi connectivity index (χ2v) is 4.09. The quantitative estimate of drug-likeness (QED) is 0.875. The first kappa shape index (κ1) is 12.0. The molecule has 1 heterocycles. The molecule has 0 amide bonds. The van der Waals surface area contributed by atoms with Crippen molar-refractivity contribution in [2.45, 2.75) is 5.92 Å². The molecule has 1 atom stereocenters. The highest BCUT2D eigenvalue weighted by Crippen LogP contribution is 2.31. The van der Waals surface area contributed by atoms with Gasteiger partial charge in [0, 0.05) is 29.5 Å². The molecule has 0 fully saturated rings. The summed E-state index contributed by atoms with van der Waals surface area (Å²) in [6.07, 6.45) is 3.48. The number of ether oxygens (including phenoxy) is 1. The van der Waals surface area contributed by atoms with Crippen LogP contribution in [-0.2, 0) is 0 Å². The molecule has 2 aromatic rings. The van der Waals surface area contributed by atoms with E-state index in [1.165, 1.54) is 0 Å². The number of methoxy groups -OCH3 is 1. The molecule has 1 aromatic carbocycles. The van der Waals surface area contributed by atoms with Crippen molar-refractivity contribution >= 4 is 11.6 Å². The van der Waals surface area contributed by atoms with Crippen LogP contribution in [0.3, 0.4) is 0 Å². The molecule has 1 unspecified atom stereocenters. The van der Waals surface area contributed by atoms with E-state index in [9.17, 15) is 0 Å². The lowest BCUT2D eigenvalue weighted by Crippen LogP contribution is -2.16. The molecule has 0 saturated heterocycles. The van der Waals surface area contributed by atoms with E-state index < -0.39 is 0 Å². The largest absolute Gasteiger partial charge is 0.496 e. The fraction of sp³-hybridized carbons (Fsp3) is 0.250. The Balaban J connectivity index is 2.46. The zero-order chi connectivity index (χ0) is 12.3. The summed E-state index contributed by atoms with van der Waals surface area (Å²) >= 11 is 6.01. The van der Waals surface area contributed by atoms with E-state index in [4.69, 9.17) is 22.1 Å². The van der Waals surface area contributed by atoms with Crippen molar-refractivity contribution in [1.82, 2.24) is 9.97 Å². The molecule has 3 N–H and O–H groups in total. The van der Waals surface area contributed by atoms with Gasteiger partial charge in [0.1, 0.15) is 11.6 Å². The molecule has 0 saturated carbocycles. The van der Waals surface area contributed by atoms with E-state index in [1.54, 1.807) is 25.6 Å². The minimum Gasteiger partial charge on any atom is -0.496 e. The SMILES string of the molecule is COc1ccc(Cl)cc1C(CN)c1ncc[nH]1. The summed E-state index contributed by atoms with van der Waals surface area (Å²) in [5.41, 5.74) is 6.75. The topological polar surface area (TPSA) is 63.9 Å². The predicted molar refractivity (Wildman–Crippen MR) is 67.5 cm³/mol. The van der Waals surface area contributed by atoms with Crippen LogP contribution in [0, 0.1) is 0 Å². The van der Waals surface area contributed by atoms with Gasteiger partial charge in [0.05, 0.1) is 13.0 Å². The number of hydrogen-bond acceptors (Lipinski definition) is 3. The zero-order valence-electron chi connectivity index (χ0n) is 9.48. The molecule has 2 rings (SSSR count). The van der Waals surface area contributed by atoms with Gasteiger partial charge in [-0.2, -0.15) is 0 Å². The molecule has 0 aliphatic heterocycles. The van der Waals surface area contributed by atoms with Gasteiger partial charge in [0.15, 0.2) is 0 Å². The van der Waals surface area contributed by atoms with Crippen molar-refractivity contribution in [2.24, 2.45) is 5.73 Å². The minimum absolute atomic E-state index is 0.0429. The summed E-state index contributed by atoms with van der Waals surface area (Å²) in [5.74, 6) is 1.54. The Morgan fingerprint density at radius 1 is 1.53 bits per heavy atom. The standard InChI is InChI=1S/C12H14ClN3O/c1-17-11-3-2-8(13)6-9(11)10(7-14)12-15-4-5-16-12/h2-6,10H,7,14H2,1H3,(H,15,16). The highest BCUT2D eigenvalue weighted by Gasteiger charge is 2.19. The van der Waals surface area contributed by atoms with Crippen LogP contribution in [0.1, 0.15) is 17.3 Å². The van der Waals surface area contributed by atoms with Crippen LogP contribution in [0.25, 0.3) is 0 Å².